The molecular formula is C24H24O8S. The molecule has 1 aliphatic heterocycles. The number of hydrogen-bond donors (Lipinski definition) is 1. The Kier molecular flexibility index (Phi) is 7.02. The van der Waals surface area contributed by atoms with Gasteiger partial charge in [0.1, 0.15) is 17.1 Å². The highest BCUT2D eigenvalue weighted by Gasteiger charge is 2.34. The largest absolute Gasteiger partial charge is 0.481 e. The summed E-state index contributed by atoms with van der Waals surface area (Å²) in [7, 11) is -4.32. The predicted octanol–water partition coefficient (Wildman–Crippen LogP) is 3.91. The lowest BCUT2D eigenvalue weighted by atomic mass is 9.91. The molecule has 0 atom stereocenters. The van der Waals surface area contributed by atoms with E-state index >= 15 is 0 Å². The van der Waals surface area contributed by atoms with Crippen LogP contribution in [-0.2, 0) is 32.7 Å². The van der Waals surface area contributed by atoms with Crippen LogP contribution in [0.5, 0.6) is 5.75 Å². The molecule has 0 radical (unpaired) electrons. The minimum Gasteiger partial charge on any atom is -0.481 e. The van der Waals surface area contributed by atoms with E-state index < -0.39 is 22.1 Å². The van der Waals surface area contributed by atoms with Crippen LogP contribution in [0.25, 0.3) is 0 Å². The molecule has 3 rings (SSSR count). The summed E-state index contributed by atoms with van der Waals surface area (Å²) in [4.78, 5) is 35.2. The number of esters is 1. The number of carboxylic acids is 1. The fourth-order valence-electron chi connectivity index (χ4n) is 3.59. The van der Waals surface area contributed by atoms with Crippen molar-refractivity contribution >= 4 is 28.3 Å². The first kappa shape index (κ1) is 24.2. The molecule has 0 bridgehead atoms. The molecule has 1 N–H and O–H groups in total. The first-order chi connectivity index (χ1) is 15.5. The first-order valence-electron chi connectivity index (χ1n) is 10.2. The van der Waals surface area contributed by atoms with Gasteiger partial charge in [0.05, 0.1) is 0 Å². The molecule has 2 aromatic carbocycles. The van der Waals surface area contributed by atoms with Crippen molar-refractivity contribution in [2.45, 2.75) is 51.5 Å². The number of hydrogen-bond acceptors (Lipinski definition) is 7. The van der Waals surface area contributed by atoms with Crippen molar-refractivity contribution in [2.75, 3.05) is 0 Å². The summed E-state index contributed by atoms with van der Waals surface area (Å²) in [5.41, 5.74) is 2.94. The Hall–Kier alpha value is -3.46. The molecule has 0 aromatic heterocycles. The Bertz CT molecular complexity index is 1250. The molecular weight excluding hydrogens is 448 g/mol. The summed E-state index contributed by atoms with van der Waals surface area (Å²) in [5, 5.41) is 8.89. The van der Waals surface area contributed by atoms with Crippen LogP contribution in [0.2, 0.25) is 0 Å². The Morgan fingerprint density at radius 1 is 1.18 bits per heavy atom. The van der Waals surface area contributed by atoms with E-state index in [1.807, 2.05) is 6.92 Å². The van der Waals surface area contributed by atoms with Crippen molar-refractivity contribution in [3.8, 4) is 5.75 Å². The van der Waals surface area contributed by atoms with E-state index in [2.05, 4.69) is 0 Å². The molecule has 0 spiro atoms. The minimum atomic E-state index is -4.32. The normalized spacial score (nSPS) is 13.4. The second-order valence-corrected chi connectivity index (χ2v) is 9.44. The highest BCUT2D eigenvalue weighted by molar-refractivity contribution is 7.87. The van der Waals surface area contributed by atoms with Crippen molar-refractivity contribution in [1.82, 2.24) is 0 Å². The number of carboxylic acid groups (broad SMARTS) is 1. The summed E-state index contributed by atoms with van der Waals surface area (Å²) < 4.78 is 36.7. The summed E-state index contributed by atoms with van der Waals surface area (Å²) in [6.07, 6.45) is 2.58. The molecule has 9 heteroatoms. The average molecular weight is 473 g/mol. The lowest BCUT2D eigenvalue weighted by molar-refractivity contribution is -0.136. The minimum absolute atomic E-state index is 0.0135. The lowest BCUT2D eigenvalue weighted by Crippen LogP contribution is -2.16. The van der Waals surface area contributed by atoms with Gasteiger partial charge < -0.3 is 14.0 Å². The number of cyclic esters (lactones) is 1. The number of fused-ring (bicyclic) bond motifs is 1. The fraction of sp³-hybridized carbons (Fsp3) is 0.292. The van der Waals surface area contributed by atoms with E-state index in [0.717, 1.165) is 11.1 Å². The number of benzene rings is 2. The number of carbonyl (C=O) groups excluding carboxylic acids is 2. The molecule has 0 aliphatic carbocycles. The van der Waals surface area contributed by atoms with Gasteiger partial charge >= 0.3 is 22.1 Å². The predicted molar refractivity (Wildman–Crippen MR) is 119 cm³/mol. The van der Waals surface area contributed by atoms with Gasteiger partial charge in [0.25, 0.3) is 0 Å². The highest BCUT2D eigenvalue weighted by atomic mass is 32.2. The number of allylic oxidation sites excluding steroid dienone is 2. The summed E-state index contributed by atoms with van der Waals surface area (Å²) in [6.45, 7) is 5.12. The third-order valence-corrected chi connectivity index (χ3v) is 6.78. The number of aryl methyl sites for hydroxylation is 1. The van der Waals surface area contributed by atoms with Gasteiger partial charge in [-0.05, 0) is 51.3 Å². The van der Waals surface area contributed by atoms with E-state index in [1.165, 1.54) is 12.1 Å². The van der Waals surface area contributed by atoms with Crippen LogP contribution in [0.4, 0.5) is 0 Å². The van der Waals surface area contributed by atoms with Gasteiger partial charge in [-0.3, -0.25) is 9.59 Å². The quantitative estimate of drug-likeness (QED) is 0.252. The number of rotatable bonds is 9. The van der Waals surface area contributed by atoms with Gasteiger partial charge in [-0.1, -0.05) is 29.3 Å². The molecule has 8 nitrogen and oxygen atoms in total. The fourth-order valence-corrected chi connectivity index (χ4v) is 4.56. The Labute approximate surface area is 192 Å². The van der Waals surface area contributed by atoms with Crippen LogP contribution in [0.1, 0.15) is 62.7 Å². The van der Waals surface area contributed by atoms with E-state index in [-0.39, 0.29) is 53.2 Å². The van der Waals surface area contributed by atoms with E-state index in [0.29, 0.717) is 17.4 Å². The van der Waals surface area contributed by atoms with Gasteiger partial charge in [0, 0.05) is 23.1 Å². The zero-order valence-electron chi connectivity index (χ0n) is 18.5. The second kappa shape index (κ2) is 9.58. The lowest BCUT2D eigenvalue weighted by Gasteiger charge is -2.18. The maximum absolute atomic E-state index is 13.0. The van der Waals surface area contributed by atoms with Crippen molar-refractivity contribution in [3.05, 3.63) is 69.3 Å². The van der Waals surface area contributed by atoms with Gasteiger partial charge in [-0.15, -0.1) is 0 Å². The first-order valence-corrected chi connectivity index (χ1v) is 11.6. The molecule has 0 unspecified atom stereocenters. The molecule has 0 saturated carbocycles. The standard InChI is InChI=1S/C24H24O8S/c1-14-4-8-17(9-5-14)33(29,30)32-23-18(10-6-15(2)7-11-21(26)27)19(12-25)16(3)20-13-31-24(28)22(20)23/h4-6,8-9,12H,7,10-11,13H2,1-3H3,(H,26,27). The van der Waals surface area contributed by atoms with Crippen LogP contribution in [0, 0.1) is 13.8 Å². The second-order valence-electron chi connectivity index (χ2n) is 7.89. The zero-order chi connectivity index (χ0) is 24.3. The molecule has 2 aromatic rings. The zero-order valence-corrected chi connectivity index (χ0v) is 19.3. The third kappa shape index (κ3) is 5.14. The summed E-state index contributed by atoms with van der Waals surface area (Å²) in [6, 6.07) is 6.04. The average Bonchev–Trinajstić information content (AvgIpc) is 3.15. The maximum Gasteiger partial charge on any atom is 0.342 e. The van der Waals surface area contributed by atoms with Gasteiger partial charge in [-0.25, -0.2) is 4.79 Å². The molecule has 174 valence electrons. The van der Waals surface area contributed by atoms with E-state index in [1.54, 1.807) is 32.1 Å². The smallest absolute Gasteiger partial charge is 0.342 e. The monoisotopic (exact) mass is 472 g/mol. The molecule has 1 heterocycles. The molecule has 0 fully saturated rings. The van der Waals surface area contributed by atoms with E-state index in [9.17, 15) is 22.8 Å². The summed E-state index contributed by atoms with van der Waals surface area (Å²) >= 11 is 0. The number of ether oxygens (including phenoxy) is 1. The van der Waals surface area contributed by atoms with Crippen LogP contribution in [-0.4, -0.2) is 31.7 Å². The van der Waals surface area contributed by atoms with Crippen LogP contribution < -0.4 is 4.18 Å². The molecule has 1 aliphatic rings. The van der Waals surface area contributed by atoms with Crippen molar-refractivity contribution in [3.63, 3.8) is 0 Å². The molecule has 0 amide bonds. The topological polar surface area (TPSA) is 124 Å². The van der Waals surface area contributed by atoms with Gasteiger partial charge in [0.15, 0.2) is 12.0 Å². The number of aliphatic carboxylic acids is 1. The Morgan fingerprint density at radius 2 is 1.85 bits per heavy atom. The maximum atomic E-state index is 13.0. The van der Waals surface area contributed by atoms with Crippen LogP contribution >= 0.6 is 0 Å². The van der Waals surface area contributed by atoms with Crippen molar-refractivity contribution in [2.24, 2.45) is 0 Å². The number of carbonyl (C=O) groups is 3. The highest BCUT2D eigenvalue weighted by Crippen LogP contribution is 2.39. The van der Waals surface area contributed by atoms with Gasteiger partial charge in [-0.2, -0.15) is 8.42 Å². The number of aldehydes is 1. The molecule has 33 heavy (non-hydrogen) atoms. The van der Waals surface area contributed by atoms with Crippen molar-refractivity contribution in [1.29, 1.82) is 0 Å². The van der Waals surface area contributed by atoms with Crippen LogP contribution in [0.3, 0.4) is 0 Å². The van der Waals surface area contributed by atoms with Gasteiger partial charge in [0.2, 0.25) is 0 Å². The SMILES string of the molecule is CC(=CCc1c(C=O)c(C)c2c(c1OS(=O)(=O)c1ccc(C)cc1)C(=O)OC2)CCC(=O)O. The third-order valence-electron chi connectivity index (χ3n) is 5.54. The summed E-state index contributed by atoms with van der Waals surface area (Å²) in [5.74, 6) is -1.91. The Balaban J connectivity index is 2.14. The van der Waals surface area contributed by atoms with E-state index in [4.69, 9.17) is 14.0 Å². The Morgan fingerprint density at radius 3 is 2.45 bits per heavy atom. The van der Waals surface area contributed by atoms with Crippen LogP contribution in [0.15, 0.2) is 40.8 Å². The molecule has 0 saturated heterocycles. The van der Waals surface area contributed by atoms with Crippen molar-refractivity contribution < 1.29 is 36.8 Å².